The van der Waals surface area contributed by atoms with Gasteiger partial charge in [0.2, 0.25) is 5.75 Å². The fraction of sp³-hybridized carbons (Fsp3) is 0.600. The Morgan fingerprint density at radius 1 is 0.885 bits per heavy atom. The SMILES string of the molecule is CCCCCCCC(=O)c1cc(OC)c(OC)c(OC)c1CC(=O)OC. The Morgan fingerprint density at radius 2 is 1.54 bits per heavy atom. The molecular weight excluding hydrogens is 336 g/mol. The maximum atomic E-state index is 12.8. The summed E-state index contributed by atoms with van der Waals surface area (Å²) >= 11 is 0. The number of carbonyl (C=O) groups is 2. The van der Waals surface area contributed by atoms with Crippen LogP contribution in [-0.2, 0) is 16.0 Å². The highest BCUT2D eigenvalue weighted by Crippen LogP contribution is 2.42. The number of rotatable bonds is 12. The fourth-order valence-corrected chi connectivity index (χ4v) is 2.88. The van der Waals surface area contributed by atoms with Gasteiger partial charge >= 0.3 is 5.97 Å². The maximum absolute atomic E-state index is 12.8. The van der Waals surface area contributed by atoms with Crippen LogP contribution < -0.4 is 14.2 Å². The summed E-state index contributed by atoms with van der Waals surface area (Å²) in [6.45, 7) is 2.15. The summed E-state index contributed by atoms with van der Waals surface area (Å²) in [5, 5.41) is 0. The lowest BCUT2D eigenvalue weighted by molar-refractivity contribution is -0.139. The van der Waals surface area contributed by atoms with E-state index >= 15 is 0 Å². The molecule has 0 N–H and O–H groups in total. The van der Waals surface area contributed by atoms with E-state index in [1.807, 2.05) is 0 Å². The Kier molecular flexibility index (Phi) is 9.55. The average molecular weight is 366 g/mol. The molecule has 0 spiro atoms. The van der Waals surface area contributed by atoms with E-state index < -0.39 is 5.97 Å². The van der Waals surface area contributed by atoms with Crippen molar-refractivity contribution in [1.29, 1.82) is 0 Å². The van der Waals surface area contributed by atoms with Crippen LogP contribution in [0.15, 0.2) is 6.07 Å². The molecule has 1 aromatic rings. The number of unbranched alkanes of at least 4 members (excludes halogenated alkanes) is 4. The van der Waals surface area contributed by atoms with E-state index in [0.29, 0.717) is 34.8 Å². The number of methoxy groups -OCH3 is 4. The van der Waals surface area contributed by atoms with Crippen LogP contribution in [-0.4, -0.2) is 40.2 Å². The van der Waals surface area contributed by atoms with E-state index in [9.17, 15) is 9.59 Å². The highest BCUT2D eigenvalue weighted by Gasteiger charge is 2.25. The minimum Gasteiger partial charge on any atom is -0.493 e. The molecular formula is C20H30O6. The van der Waals surface area contributed by atoms with E-state index in [0.717, 1.165) is 25.7 Å². The van der Waals surface area contributed by atoms with Crippen molar-refractivity contribution in [3.63, 3.8) is 0 Å². The average Bonchev–Trinajstić information content (AvgIpc) is 2.66. The number of ether oxygens (including phenoxy) is 4. The number of hydrogen-bond acceptors (Lipinski definition) is 6. The molecule has 26 heavy (non-hydrogen) atoms. The van der Waals surface area contributed by atoms with Gasteiger partial charge in [0.05, 0.1) is 34.9 Å². The van der Waals surface area contributed by atoms with Crippen molar-refractivity contribution in [1.82, 2.24) is 0 Å². The molecule has 0 bridgehead atoms. The molecule has 0 fully saturated rings. The monoisotopic (exact) mass is 366 g/mol. The smallest absolute Gasteiger partial charge is 0.310 e. The number of hydrogen-bond donors (Lipinski definition) is 0. The molecule has 0 saturated heterocycles. The first-order chi connectivity index (χ1) is 12.5. The Balaban J connectivity index is 3.21. The number of ketones is 1. The second-order valence-electron chi connectivity index (χ2n) is 6.01. The summed E-state index contributed by atoms with van der Waals surface area (Å²) in [7, 11) is 5.76. The summed E-state index contributed by atoms with van der Waals surface area (Å²) in [5.41, 5.74) is 0.885. The van der Waals surface area contributed by atoms with E-state index in [1.165, 1.54) is 34.9 Å². The summed E-state index contributed by atoms with van der Waals surface area (Å²) < 4.78 is 20.9. The quantitative estimate of drug-likeness (QED) is 0.317. The third-order valence-corrected chi connectivity index (χ3v) is 4.29. The molecule has 0 aromatic heterocycles. The zero-order chi connectivity index (χ0) is 19.5. The first-order valence-electron chi connectivity index (χ1n) is 8.95. The summed E-state index contributed by atoms with van der Waals surface area (Å²) in [6.07, 6.45) is 5.61. The molecule has 0 radical (unpaired) electrons. The van der Waals surface area contributed by atoms with E-state index in [1.54, 1.807) is 6.07 Å². The van der Waals surface area contributed by atoms with E-state index in [4.69, 9.17) is 18.9 Å². The molecule has 0 atom stereocenters. The minimum atomic E-state index is -0.451. The Labute approximate surface area is 155 Å². The molecule has 6 nitrogen and oxygen atoms in total. The second kappa shape index (κ2) is 11.4. The highest BCUT2D eigenvalue weighted by atomic mass is 16.5. The standard InChI is InChI=1S/C20H30O6/c1-6-7-8-9-10-11-16(21)14-12-17(23-2)20(26-5)19(25-4)15(14)13-18(22)24-3/h12H,6-11,13H2,1-5H3. The van der Waals surface area contributed by atoms with Crippen LogP contribution in [0.4, 0.5) is 0 Å². The van der Waals surface area contributed by atoms with Gasteiger partial charge in [-0.1, -0.05) is 32.6 Å². The molecule has 0 aliphatic carbocycles. The molecule has 6 heteroatoms. The van der Waals surface area contributed by atoms with Gasteiger partial charge in [-0.05, 0) is 12.5 Å². The third-order valence-electron chi connectivity index (χ3n) is 4.29. The largest absolute Gasteiger partial charge is 0.493 e. The van der Waals surface area contributed by atoms with E-state index in [2.05, 4.69) is 6.92 Å². The summed E-state index contributed by atoms with van der Waals surface area (Å²) in [4.78, 5) is 24.6. The summed E-state index contributed by atoms with van der Waals surface area (Å²) in [5.74, 6) is 0.583. The van der Waals surface area contributed by atoms with Gasteiger partial charge in [0.1, 0.15) is 0 Å². The molecule has 0 aliphatic heterocycles. The second-order valence-corrected chi connectivity index (χ2v) is 6.01. The van der Waals surface area contributed by atoms with Gasteiger partial charge in [0.15, 0.2) is 17.3 Å². The molecule has 0 unspecified atom stereocenters. The zero-order valence-electron chi connectivity index (χ0n) is 16.5. The summed E-state index contributed by atoms with van der Waals surface area (Å²) in [6, 6.07) is 1.62. The Bertz CT molecular complexity index is 609. The molecule has 0 amide bonds. The van der Waals surface area contributed by atoms with Crippen molar-refractivity contribution >= 4 is 11.8 Å². The van der Waals surface area contributed by atoms with Gasteiger partial charge in [0.25, 0.3) is 0 Å². The lowest BCUT2D eigenvalue weighted by Gasteiger charge is -2.18. The van der Waals surface area contributed by atoms with E-state index in [-0.39, 0.29) is 12.2 Å². The van der Waals surface area contributed by atoms with Gasteiger partial charge in [-0.15, -0.1) is 0 Å². The highest BCUT2D eigenvalue weighted by molar-refractivity contribution is 6.00. The van der Waals surface area contributed by atoms with Crippen LogP contribution in [0.25, 0.3) is 0 Å². The molecule has 0 saturated carbocycles. The molecule has 1 aromatic carbocycles. The van der Waals surface area contributed by atoms with Crippen LogP contribution in [0.5, 0.6) is 17.2 Å². The van der Waals surface area contributed by atoms with Gasteiger partial charge in [-0.2, -0.15) is 0 Å². The minimum absolute atomic E-state index is 0.0420. The lowest BCUT2D eigenvalue weighted by atomic mass is 9.95. The van der Waals surface area contributed by atoms with Gasteiger partial charge in [-0.25, -0.2) is 0 Å². The van der Waals surface area contributed by atoms with Crippen molar-refractivity contribution in [3.05, 3.63) is 17.2 Å². The molecule has 0 heterocycles. The molecule has 146 valence electrons. The first kappa shape index (κ1) is 21.8. The van der Waals surface area contributed by atoms with Crippen LogP contribution in [0.3, 0.4) is 0 Å². The van der Waals surface area contributed by atoms with Gasteiger partial charge in [-0.3, -0.25) is 9.59 Å². The Hall–Kier alpha value is -2.24. The number of benzene rings is 1. The lowest BCUT2D eigenvalue weighted by Crippen LogP contribution is -2.13. The first-order valence-corrected chi connectivity index (χ1v) is 8.95. The third kappa shape index (κ3) is 5.64. The van der Waals surface area contributed by atoms with Gasteiger partial charge < -0.3 is 18.9 Å². The predicted molar refractivity (Wildman–Crippen MR) is 99.5 cm³/mol. The molecule has 1 rings (SSSR count). The van der Waals surface area contributed by atoms with Crippen LogP contribution >= 0.6 is 0 Å². The predicted octanol–water partition coefficient (Wildman–Crippen LogP) is 3.97. The van der Waals surface area contributed by atoms with Gasteiger partial charge in [0, 0.05) is 17.5 Å². The van der Waals surface area contributed by atoms with Crippen LogP contribution in [0, 0.1) is 0 Å². The topological polar surface area (TPSA) is 71.1 Å². The zero-order valence-corrected chi connectivity index (χ0v) is 16.5. The maximum Gasteiger partial charge on any atom is 0.310 e. The van der Waals surface area contributed by atoms with Crippen LogP contribution in [0.1, 0.15) is 61.4 Å². The fourth-order valence-electron chi connectivity index (χ4n) is 2.88. The number of carbonyl (C=O) groups excluding carboxylic acids is 2. The van der Waals surface area contributed by atoms with Crippen molar-refractivity contribution in [2.75, 3.05) is 28.4 Å². The van der Waals surface area contributed by atoms with Crippen molar-refractivity contribution in [2.24, 2.45) is 0 Å². The normalized spacial score (nSPS) is 10.3. The number of esters is 1. The van der Waals surface area contributed by atoms with Crippen molar-refractivity contribution in [2.45, 2.75) is 51.9 Å². The molecule has 0 aliphatic rings. The van der Waals surface area contributed by atoms with Crippen molar-refractivity contribution in [3.8, 4) is 17.2 Å². The van der Waals surface area contributed by atoms with Crippen LogP contribution in [0.2, 0.25) is 0 Å². The Morgan fingerprint density at radius 3 is 2.08 bits per heavy atom. The van der Waals surface area contributed by atoms with Crippen molar-refractivity contribution < 1.29 is 28.5 Å². The number of Topliss-reactive ketones (excluding diaryl/α,β-unsaturated/α-hetero) is 1.